The molecule has 1 aliphatic heterocycles. The standard InChI is InChI=1S/C25H24FN7O/c1-4-15-12-28-25(27)23-19(7-6-16-10-20-21(11-18(16)26)31(3)14-29-20)30-33(24(15)23)17-8-9-32(13-17)22(34)5-2/h5,10-12,14,17H,2,4,8-9,13H2,1,3H3,(H2,27,28)/t17-/m0/s1. The summed E-state index contributed by atoms with van der Waals surface area (Å²) in [5, 5.41) is 5.44. The van der Waals surface area contributed by atoms with E-state index in [9.17, 15) is 9.18 Å². The normalized spacial score (nSPS) is 15.6. The lowest BCUT2D eigenvalue weighted by Gasteiger charge is -2.16. The summed E-state index contributed by atoms with van der Waals surface area (Å²) in [5.74, 6) is 5.73. The molecule has 1 atom stereocenters. The Labute approximate surface area is 195 Å². The number of carbonyl (C=O) groups is 1. The molecule has 1 amide bonds. The minimum Gasteiger partial charge on any atom is -0.383 e. The number of fused-ring (bicyclic) bond motifs is 2. The SMILES string of the molecule is C=CC(=O)N1CC[C@H](n2nc(C#Cc3cc4ncn(C)c4cc3F)c3c(N)ncc(CC)c32)C1. The first-order valence-electron chi connectivity index (χ1n) is 11.1. The number of aryl methyl sites for hydroxylation is 2. The molecule has 4 aromatic rings. The molecule has 4 heterocycles. The Balaban J connectivity index is 1.63. The van der Waals surface area contributed by atoms with Gasteiger partial charge in [0.15, 0.2) is 0 Å². The largest absolute Gasteiger partial charge is 0.383 e. The summed E-state index contributed by atoms with van der Waals surface area (Å²) < 4.78 is 18.4. The molecule has 5 rings (SSSR count). The number of anilines is 1. The van der Waals surface area contributed by atoms with E-state index in [1.165, 1.54) is 12.1 Å². The van der Waals surface area contributed by atoms with Crippen LogP contribution in [-0.2, 0) is 18.3 Å². The molecule has 3 aromatic heterocycles. The number of nitrogens with two attached hydrogens (primary N) is 1. The number of pyridine rings is 1. The Morgan fingerprint density at radius 2 is 2.18 bits per heavy atom. The zero-order valence-corrected chi connectivity index (χ0v) is 19.0. The minimum absolute atomic E-state index is 0.0318. The van der Waals surface area contributed by atoms with E-state index in [4.69, 9.17) is 10.8 Å². The lowest BCUT2D eigenvalue weighted by Crippen LogP contribution is -2.27. The number of halogens is 1. The minimum atomic E-state index is -0.429. The Hall–Kier alpha value is -4.19. The monoisotopic (exact) mass is 457 g/mol. The van der Waals surface area contributed by atoms with Gasteiger partial charge in [-0.1, -0.05) is 19.4 Å². The van der Waals surface area contributed by atoms with Gasteiger partial charge in [-0.2, -0.15) is 5.10 Å². The number of nitrogen functional groups attached to an aromatic ring is 1. The Morgan fingerprint density at radius 3 is 2.94 bits per heavy atom. The highest BCUT2D eigenvalue weighted by molar-refractivity contribution is 5.95. The molecule has 34 heavy (non-hydrogen) atoms. The van der Waals surface area contributed by atoms with Gasteiger partial charge < -0.3 is 15.2 Å². The molecule has 1 aromatic carbocycles. The molecule has 2 N–H and O–H groups in total. The van der Waals surface area contributed by atoms with E-state index in [0.29, 0.717) is 41.0 Å². The lowest BCUT2D eigenvalue weighted by molar-refractivity contribution is -0.125. The number of rotatable bonds is 3. The second kappa shape index (κ2) is 8.30. The van der Waals surface area contributed by atoms with Gasteiger partial charge in [-0.05, 0) is 36.5 Å². The predicted octanol–water partition coefficient (Wildman–Crippen LogP) is 2.96. The maximum atomic E-state index is 14.7. The van der Waals surface area contributed by atoms with Crippen molar-refractivity contribution in [3.05, 3.63) is 59.9 Å². The van der Waals surface area contributed by atoms with Gasteiger partial charge in [-0.3, -0.25) is 9.48 Å². The van der Waals surface area contributed by atoms with Crippen molar-refractivity contribution in [1.29, 1.82) is 0 Å². The molecule has 0 aliphatic carbocycles. The third-order valence-corrected chi connectivity index (χ3v) is 6.34. The summed E-state index contributed by atoms with van der Waals surface area (Å²) in [6.07, 6.45) is 6.20. The van der Waals surface area contributed by atoms with E-state index in [1.807, 2.05) is 18.7 Å². The fourth-order valence-corrected chi connectivity index (χ4v) is 4.51. The van der Waals surface area contributed by atoms with Crippen molar-refractivity contribution >= 4 is 33.7 Å². The molecule has 1 aliphatic rings. The van der Waals surface area contributed by atoms with Crippen molar-refractivity contribution in [1.82, 2.24) is 29.2 Å². The van der Waals surface area contributed by atoms with Crippen LogP contribution in [0.25, 0.3) is 21.9 Å². The molecule has 9 heteroatoms. The van der Waals surface area contributed by atoms with Gasteiger partial charge in [0.05, 0.1) is 39.9 Å². The van der Waals surface area contributed by atoms with E-state index >= 15 is 0 Å². The molecule has 0 spiro atoms. The molecule has 0 radical (unpaired) electrons. The molecule has 1 fully saturated rings. The fraction of sp³-hybridized carbons (Fsp3) is 0.280. The molecule has 0 unspecified atom stereocenters. The van der Waals surface area contributed by atoms with Crippen LogP contribution >= 0.6 is 0 Å². The number of aromatic nitrogens is 5. The number of carbonyl (C=O) groups excluding carboxylic acids is 1. The summed E-state index contributed by atoms with van der Waals surface area (Å²) in [7, 11) is 1.81. The van der Waals surface area contributed by atoms with Crippen LogP contribution in [0.5, 0.6) is 0 Å². The predicted molar refractivity (Wildman–Crippen MR) is 128 cm³/mol. The quantitative estimate of drug-likeness (QED) is 0.377. The van der Waals surface area contributed by atoms with Crippen molar-refractivity contribution in [3.8, 4) is 11.8 Å². The van der Waals surface area contributed by atoms with Crippen LogP contribution in [-0.4, -0.2) is 48.2 Å². The third kappa shape index (κ3) is 3.48. The van der Waals surface area contributed by atoms with Gasteiger partial charge in [0.2, 0.25) is 5.91 Å². The van der Waals surface area contributed by atoms with Crippen LogP contribution in [0.15, 0.2) is 37.3 Å². The Morgan fingerprint density at radius 1 is 1.35 bits per heavy atom. The van der Waals surface area contributed by atoms with Crippen molar-refractivity contribution in [2.24, 2.45) is 7.05 Å². The number of benzene rings is 1. The molecule has 0 saturated carbocycles. The van der Waals surface area contributed by atoms with Crippen LogP contribution in [0.1, 0.15) is 36.2 Å². The van der Waals surface area contributed by atoms with Crippen LogP contribution in [0.3, 0.4) is 0 Å². The summed E-state index contributed by atoms with van der Waals surface area (Å²) in [6.45, 7) is 6.76. The first kappa shape index (κ1) is 21.6. The lowest BCUT2D eigenvalue weighted by atomic mass is 10.1. The van der Waals surface area contributed by atoms with Crippen LogP contribution in [0, 0.1) is 17.7 Å². The summed E-state index contributed by atoms with van der Waals surface area (Å²) in [6, 6.07) is 3.03. The van der Waals surface area contributed by atoms with Crippen molar-refractivity contribution in [2.75, 3.05) is 18.8 Å². The maximum absolute atomic E-state index is 14.7. The third-order valence-electron chi connectivity index (χ3n) is 6.34. The maximum Gasteiger partial charge on any atom is 0.246 e. The van der Waals surface area contributed by atoms with E-state index in [1.54, 1.807) is 28.1 Å². The van der Waals surface area contributed by atoms with Crippen LogP contribution in [0.4, 0.5) is 10.2 Å². The molecule has 172 valence electrons. The summed E-state index contributed by atoms with van der Waals surface area (Å²) in [4.78, 5) is 22.5. The Kier molecular flexibility index (Phi) is 5.28. The van der Waals surface area contributed by atoms with Gasteiger partial charge >= 0.3 is 0 Å². The van der Waals surface area contributed by atoms with Crippen molar-refractivity contribution in [2.45, 2.75) is 25.8 Å². The van der Waals surface area contributed by atoms with Crippen molar-refractivity contribution in [3.63, 3.8) is 0 Å². The molecule has 0 bridgehead atoms. The van der Waals surface area contributed by atoms with Crippen LogP contribution < -0.4 is 5.73 Å². The van der Waals surface area contributed by atoms with Gasteiger partial charge in [-0.15, -0.1) is 0 Å². The van der Waals surface area contributed by atoms with Gasteiger partial charge in [0, 0.05) is 32.4 Å². The number of amides is 1. The second-order valence-corrected chi connectivity index (χ2v) is 8.40. The van der Waals surface area contributed by atoms with Gasteiger partial charge in [0.1, 0.15) is 17.3 Å². The summed E-state index contributed by atoms with van der Waals surface area (Å²) in [5.41, 5.74) is 10.1. The number of nitrogens with zero attached hydrogens (tertiary/aromatic N) is 6. The molecular weight excluding hydrogens is 433 g/mol. The molecule has 1 saturated heterocycles. The van der Waals surface area contributed by atoms with Gasteiger partial charge in [0.25, 0.3) is 0 Å². The number of hydrogen-bond acceptors (Lipinski definition) is 5. The number of hydrogen-bond donors (Lipinski definition) is 1. The summed E-state index contributed by atoms with van der Waals surface area (Å²) >= 11 is 0. The van der Waals surface area contributed by atoms with E-state index in [0.717, 1.165) is 23.9 Å². The zero-order chi connectivity index (χ0) is 24.0. The van der Waals surface area contributed by atoms with E-state index in [2.05, 4.69) is 28.4 Å². The highest BCUT2D eigenvalue weighted by atomic mass is 19.1. The average Bonchev–Trinajstić information content (AvgIpc) is 3.55. The van der Waals surface area contributed by atoms with Crippen molar-refractivity contribution < 1.29 is 9.18 Å². The second-order valence-electron chi connectivity index (χ2n) is 8.40. The highest BCUT2D eigenvalue weighted by Crippen LogP contribution is 2.32. The highest BCUT2D eigenvalue weighted by Gasteiger charge is 2.29. The Bertz CT molecular complexity index is 1520. The van der Waals surface area contributed by atoms with Crippen LogP contribution in [0.2, 0.25) is 0 Å². The zero-order valence-electron chi connectivity index (χ0n) is 19.0. The smallest absolute Gasteiger partial charge is 0.246 e. The van der Waals surface area contributed by atoms with E-state index in [-0.39, 0.29) is 17.5 Å². The topological polar surface area (TPSA) is 94.9 Å². The fourth-order valence-electron chi connectivity index (χ4n) is 4.51. The molecule has 8 nitrogen and oxygen atoms in total. The average molecular weight is 458 g/mol. The number of imidazole rings is 1. The first-order chi connectivity index (χ1) is 16.4. The van der Waals surface area contributed by atoms with E-state index < -0.39 is 5.82 Å². The molecular formula is C25H24FN7O. The first-order valence-corrected chi connectivity index (χ1v) is 11.1. The number of likely N-dealkylation sites (tertiary alicyclic amines) is 1. The van der Waals surface area contributed by atoms with Gasteiger partial charge in [-0.25, -0.2) is 14.4 Å².